The molecule has 1 aliphatic carbocycles. The summed E-state index contributed by atoms with van der Waals surface area (Å²) in [4.78, 5) is 4.51. The predicted octanol–water partition coefficient (Wildman–Crippen LogP) is 2.73. The quantitative estimate of drug-likeness (QED) is 0.646. The molecule has 0 spiro atoms. The van der Waals surface area contributed by atoms with Gasteiger partial charge in [0.25, 0.3) is 0 Å². The first-order chi connectivity index (χ1) is 8.84. The van der Waals surface area contributed by atoms with Gasteiger partial charge in [0.15, 0.2) is 0 Å². The van der Waals surface area contributed by atoms with Crippen molar-refractivity contribution in [3.05, 3.63) is 71.3 Å². The van der Waals surface area contributed by atoms with E-state index < -0.39 is 0 Å². The minimum absolute atomic E-state index is 0.545. The first-order valence-corrected chi connectivity index (χ1v) is 6.28. The molecule has 0 aliphatic heterocycles. The maximum Gasteiger partial charge on any atom is 0.125 e. The van der Waals surface area contributed by atoms with Crippen molar-refractivity contribution in [2.75, 3.05) is 6.54 Å². The van der Waals surface area contributed by atoms with Gasteiger partial charge in [0, 0.05) is 18.0 Å². The second-order valence-corrected chi connectivity index (χ2v) is 4.69. The first-order valence-electron chi connectivity index (χ1n) is 6.28. The lowest BCUT2D eigenvalue weighted by molar-refractivity contribution is 0.619. The predicted molar refractivity (Wildman–Crippen MR) is 74.9 cm³/mol. The fourth-order valence-corrected chi connectivity index (χ4v) is 2.43. The Bertz CT molecular complexity index is 573. The van der Waals surface area contributed by atoms with Crippen LogP contribution in [0, 0.1) is 0 Å². The molecule has 3 rings (SSSR count). The number of nitrogens with two attached hydrogens (primary N) is 1. The van der Waals surface area contributed by atoms with E-state index in [0.29, 0.717) is 11.8 Å². The molecule has 2 heteroatoms. The molecule has 0 fully saturated rings. The zero-order chi connectivity index (χ0) is 12.4. The summed E-state index contributed by atoms with van der Waals surface area (Å²) in [5, 5.41) is 0. The van der Waals surface area contributed by atoms with Crippen LogP contribution in [0.25, 0.3) is 0 Å². The van der Waals surface area contributed by atoms with Crippen LogP contribution in [0.15, 0.2) is 59.6 Å². The molecule has 0 bridgehead atoms. The summed E-state index contributed by atoms with van der Waals surface area (Å²) in [6.07, 6.45) is 1.13. The average Bonchev–Trinajstić information content (AvgIpc) is 2.40. The van der Waals surface area contributed by atoms with Gasteiger partial charge in [0.05, 0.1) is 0 Å². The highest BCUT2D eigenvalue weighted by Gasteiger charge is 2.24. The Morgan fingerprint density at radius 1 is 1.06 bits per heavy atom. The second-order valence-electron chi connectivity index (χ2n) is 4.69. The van der Waals surface area contributed by atoms with E-state index in [9.17, 15) is 0 Å². The molecule has 18 heavy (non-hydrogen) atoms. The lowest BCUT2D eigenvalue weighted by Gasteiger charge is -2.28. The van der Waals surface area contributed by atoms with E-state index in [1.165, 1.54) is 11.1 Å². The molecular weight excluding hydrogens is 220 g/mol. The van der Waals surface area contributed by atoms with Crippen molar-refractivity contribution >= 4 is 5.84 Å². The summed E-state index contributed by atoms with van der Waals surface area (Å²) in [6, 6.07) is 18.5. The molecule has 2 nitrogen and oxygen atoms in total. The van der Waals surface area contributed by atoms with E-state index in [0.717, 1.165) is 18.5 Å². The van der Waals surface area contributed by atoms with E-state index in [1.807, 2.05) is 30.3 Å². The van der Waals surface area contributed by atoms with Gasteiger partial charge in [-0.3, -0.25) is 4.99 Å². The third kappa shape index (κ3) is 2.02. The Hall–Kier alpha value is -2.09. The van der Waals surface area contributed by atoms with Gasteiger partial charge in [-0.2, -0.15) is 0 Å². The molecule has 2 aromatic rings. The number of hydrogen-bond donors (Lipinski definition) is 1. The zero-order valence-corrected chi connectivity index (χ0v) is 10.2. The van der Waals surface area contributed by atoms with Crippen molar-refractivity contribution in [1.29, 1.82) is 0 Å². The largest absolute Gasteiger partial charge is 0.384 e. The molecule has 0 radical (unpaired) electrons. The summed E-state index contributed by atoms with van der Waals surface area (Å²) in [5.74, 6) is 1.18. The van der Waals surface area contributed by atoms with Crippen LogP contribution < -0.4 is 5.73 Å². The topological polar surface area (TPSA) is 38.4 Å². The van der Waals surface area contributed by atoms with Gasteiger partial charge in [0.2, 0.25) is 0 Å². The van der Waals surface area contributed by atoms with Crippen molar-refractivity contribution < 1.29 is 0 Å². The standard InChI is InChI=1S/C16H16N2/c17-16(12-6-2-1-3-7-12)18-11-14-10-13-8-4-5-9-15(13)14/h1-9,14H,10-11H2,(H2,17,18). The molecule has 2 aromatic carbocycles. The number of nitrogens with zero attached hydrogens (tertiary/aromatic N) is 1. The van der Waals surface area contributed by atoms with Crippen molar-refractivity contribution in [2.24, 2.45) is 10.7 Å². The smallest absolute Gasteiger partial charge is 0.125 e. The minimum Gasteiger partial charge on any atom is -0.384 e. The average molecular weight is 236 g/mol. The first kappa shape index (κ1) is 11.0. The Labute approximate surface area is 107 Å². The van der Waals surface area contributed by atoms with Gasteiger partial charge in [-0.1, -0.05) is 54.6 Å². The third-order valence-electron chi connectivity index (χ3n) is 3.51. The van der Waals surface area contributed by atoms with Gasteiger partial charge in [0.1, 0.15) is 5.84 Å². The highest BCUT2D eigenvalue weighted by Crippen LogP contribution is 2.34. The van der Waals surface area contributed by atoms with Crippen molar-refractivity contribution in [2.45, 2.75) is 12.3 Å². The summed E-state index contributed by atoms with van der Waals surface area (Å²) < 4.78 is 0. The van der Waals surface area contributed by atoms with Crippen LogP contribution >= 0.6 is 0 Å². The highest BCUT2D eigenvalue weighted by molar-refractivity contribution is 5.97. The summed E-state index contributed by atoms with van der Waals surface area (Å²) in [7, 11) is 0. The molecular formula is C16H16N2. The molecule has 1 unspecified atom stereocenters. The number of amidine groups is 1. The zero-order valence-electron chi connectivity index (χ0n) is 10.2. The molecule has 90 valence electrons. The van der Waals surface area contributed by atoms with Gasteiger partial charge in [-0.15, -0.1) is 0 Å². The molecule has 2 N–H and O–H groups in total. The fraction of sp³-hybridized carbons (Fsp3) is 0.188. The maximum absolute atomic E-state index is 5.99. The van der Waals surface area contributed by atoms with Gasteiger partial charge >= 0.3 is 0 Å². The fourth-order valence-electron chi connectivity index (χ4n) is 2.43. The minimum atomic E-state index is 0.545. The van der Waals surface area contributed by atoms with Gasteiger partial charge < -0.3 is 5.73 Å². The number of benzene rings is 2. The van der Waals surface area contributed by atoms with Crippen molar-refractivity contribution in [1.82, 2.24) is 0 Å². The monoisotopic (exact) mass is 236 g/mol. The molecule has 0 amide bonds. The van der Waals surface area contributed by atoms with Crippen LogP contribution in [-0.4, -0.2) is 12.4 Å². The van der Waals surface area contributed by atoms with Crippen LogP contribution in [0.1, 0.15) is 22.6 Å². The van der Waals surface area contributed by atoms with Gasteiger partial charge in [-0.05, 0) is 17.5 Å². The summed E-state index contributed by atoms with van der Waals surface area (Å²) in [5.41, 5.74) is 9.88. The summed E-state index contributed by atoms with van der Waals surface area (Å²) >= 11 is 0. The normalized spacial score (nSPS) is 18.0. The molecule has 0 saturated heterocycles. The molecule has 1 aliphatic rings. The van der Waals surface area contributed by atoms with Crippen molar-refractivity contribution in [3.8, 4) is 0 Å². The van der Waals surface area contributed by atoms with E-state index in [1.54, 1.807) is 0 Å². The lowest BCUT2D eigenvalue weighted by Crippen LogP contribution is -2.22. The Morgan fingerprint density at radius 2 is 1.78 bits per heavy atom. The van der Waals surface area contributed by atoms with Crippen LogP contribution in [0.3, 0.4) is 0 Å². The Balaban J connectivity index is 1.70. The second kappa shape index (κ2) is 4.65. The van der Waals surface area contributed by atoms with E-state index >= 15 is 0 Å². The Morgan fingerprint density at radius 3 is 2.56 bits per heavy atom. The molecule has 1 atom stereocenters. The molecule has 0 aromatic heterocycles. The third-order valence-corrected chi connectivity index (χ3v) is 3.51. The van der Waals surface area contributed by atoms with Crippen molar-refractivity contribution in [3.63, 3.8) is 0 Å². The van der Waals surface area contributed by atoms with E-state index in [4.69, 9.17) is 5.73 Å². The summed E-state index contributed by atoms with van der Waals surface area (Å²) in [6.45, 7) is 0.789. The van der Waals surface area contributed by atoms with Crippen LogP contribution in [0.4, 0.5) is 0 Å². The van der Waals surface area contributed by atoms with E-state index in [-0.39, 0.29) is 0 Å². The van der Waals surface area contributed by atoms with Crippen LogP contribution in [0.2, 0.25) is 0 Å². The van der Waals surface area contributed by atoms with Crippen LogP contribution in [0.5, 0.6) is 0 Å². The van der Waals surface area contributed by atoms with Crippen LogP contribution in [-0.2, 0) is 6.42 Å². The SMILES string of the molecule is NC(=NCC1Cc2ccccc21)c1ccccc1. The Kier molecular flexibility index (Phi) is 2.85. The highest BCUT2D eigenvalue weighted by atomic mass is 14.9. The number of hydrogen-bond acceptors (Lipinski definition) is 1. The number of rotatable bonds is 3. The number of aliphatic imine (C=N–C) groups is 1. The maximum atomic E-state index is 5.99. The van der Waals surface area contributed by atoms with Gasteiger partial charge in [-0.25, -0.2) is 0 Å². The number of fused-ring (bicyclic) bond motifs is 1. The lowest BCUT2D eigenvalue weighted by atomic mass is 9.78. The molecule has 0 heterocycles. The molecule has 0 saturated carbocycles. The van der Waals surface area contributed by atoms with E-state index in [2.05, 4.69) is 29.3 Å².